The highest BCUT2D eigenvalue weighted by atomic mass is 16.5. The van der Waals surface area contributed by atoms with E-state index in [1.54, 1.807) is 0 Å². The van der Waals surface area contributed by atoms with Crippen LogP contribution < -0.4 is 0 Å². The van der Waals surface area contributed by atoms with Crippen molar-refractivity contribution in [2.24, 2.45) is 0 Å². The van der Waals surface area contributed by atoms with E-state index in [0.717, 1.165) is 6.42 Å². The summed E-state index contributed by atoms with van der Waals surface area (Å²) >= 11 is 0. The molecule has 3 nitrogen and oxygen atoms in total. The predicted octanol–water partition coefficient (Wildman–Crippen LogP) is -0.0929. The molecule has 2 N–H and O–H groups in total. The Labute approximate surface area is 60.6 Å². The van der Waals surface area contributed by atoms with Crippen LogP contribution in [-0.4, -0.2) is 35.1 Å². The van der Waals surface area contributed by atoms with Crippen molar-refractivity contribution in [3.8, 4) is 0 Å². The van der Waals surface area contributed by atoms with Crippen LogP contribution in [0.4, 0.5) is 0 Å². The third-order valence-electron chi connectivity index (χ3n) is 1.91. The van der Waals surface area contributed by atoms with Gasteiger partial charge in [0.1, 0.15) is 0 Å². The number of aliphatic hydroxyl groups excluding tert-OH is 2. The standard InChI is InChI=1S/C7H14O3/c1-2-7-6(9)3-5(4-8)10-7/h5-9H,2-4H2,1H3/t5-,6+,7-/m0/s1. The van der Waals surface area contributed by atoms with Gasteiger partial charge in [0, 0.05) is 6.42 Å². The molecule has 1 rings (SSSR count). The molecular weight excluding hydrogens is 132 g/mol. The monoisotopic (exact) mass is 146 g/mol. The van der Waals surface area contributed by atoms with Crippen molar-refractivity contribution in [1.82, 2.24) is 0 Å². The topological polar surface area (TPSA) is 49.7 Å². The molecule has 3 atom stereocenters. The first-order valence-electron chi connectivity index (χ1n) is 3.72. The average Bonchev–Trinajstić information content (AvgIpc) is 2.30. The van der Waals surface area contributed by atoms with Crippen LogP contribution in [0.1, 0.15) is 19.8 Å². The summed E-state index contributed by atoms with van der Waals surface area (Å²) in [6.07, 6.45) is 0.825. The lowest BCUT2D eigenvalue weighted by atomic mass is 10.1. The van der Waals surface area contributed by atoms with E-state index in [1.165, 1.54) is 0 Å². The maximum Gasteiger partial charge on any atom is 0.0837 e. The number of hydrogen-bond donors (Lipinski definition) is 2. The summed E-state index contributed by atoms with van der Waals surface area (Å²) in [5.74, 6) is 0. The highest BCUT2D eigenvalue weighted by Gasteiger charge is 2.31. The molecule has 1 saturated heterocycles. The van der Waals surface area contributed by atoms with E-state index in [2.05, 4.69) is 0 Å². The lowest BCUT2D eigenvalue weighted by Crippen LogP contribution is -2.19. The summed E-state index contributed by atoms with van der Waals surface area (Å²) < 4.78 is 5.27. The molecule has 0 aliphatic carbocycles. The van der Waals surface area contributed by atoms with Gasteiger partial charge >= 0.3 is 0 Å². The van der Waals surface area contributed by atoms with Crippen molar-refractivity contribution in [1.29, 1.82) is 0 Å². The van der Waals surface area contributed by atoms with Crippen LogP contribution in [0.2, 0.25) is 0 Å². The molecule has 60 valence electrons. The minimum atomic E-state index is -0.373. The molecule has 0 aromatic carbocycles. The smallest absolute Gasteiger partial charge is 0.0837 e. The second-order valence-electron chi connectivity index (χ2n) is 2.69. The molecule has 1 aliphatic rings. The van der Waals surface area contributed by atoms with E-state index >= 15 is 0 Å². The van der Waals surface area contributed by atoms with Crippen LogP contribution in [-0.2, 0) is 4.74 Å². The molecule has 1 heterocycles. The molecule has 1 fully saturated rings. The highest BCUT2D eigenvalue weighted by Crippen LogP contribution is 2.21. The van der Waals surface area contributed by atoms with Crippen LogP contribution >= 0.6 is 0 Å². The van der Waals surface area contributed by atoms with Gasteiger partial charge in [-0.2, -0.15) is 0 Å². The first kappa shape index (κ1) is 7.98. The van der Waals surface area contributed by atoms with Crippen molar-refractivity contribution >= 4 is 0 Å². The summed E-state index contributed by atoms with van der Waals surface area (Å²) in [5.41, 5.74) is 0. The van der Waals surface area contributed by atoms with E-state index in [1.807, 2.05) is 6.92 Å². The van der Waals surface area contributed by atoms with Gasteiger partial charge in [0.15, 0.2) is 0 Å². The first-order valence-corrected chi connectivity index (χ1v) is 3.72. The molecule has 0 spiro atoms. The Bertz CT molecular complexity index is 105. The summed E-state index contributed by atoms with van der Waals surface area (Å²) in [6, 6.07) is 0. The number of ether oxygens (including phenoxy) is 1. The third kappa shape index (κ3) is 1.48. The van der Waals surface area contributed by atoms with Gasteiger partial charge in [0.05, 0.1) is 24.9 Å². The zero-order valence-electron chi connectivity index (χ0n) is 6.16. The summed E-state index contributed by atoms with van der Waals surface area (Å²) in [6.45, 7) is 1.99. The Hall–Kier alpha value is -0.120. The lowest BCUT2D eigenvalue weighted by molar-refractivity contribution is -0.0108. The van der Waals surface area contributed by atoms with Gasteiger partial charge in [-0.15, -0.1) is 0 Å². The predicted molar refractivity (Wildman–Crippen MR) is 36.7 cm³/mol. The molecule has 10 heavy (non-hydrogen) atoms. The minimum absolute atomic E-state index is 0.0214. The van der Waals surface area contributed by atoms with Crippen LogP contribution in [0.25, 0.3) is 0 Å². The molecule has 0 amide bonds. The van der Waals surface area contributed by atoms with E-state index in [-0.39, 0.29) is 24.9 Å². The van der Waals surface area contributed by atoms with Crippen LogP contribution in [0.15, 0.2) is 0 Å². The maximum absolute atomic E-state index is 9.25. The second kappa shape index (κ2) is 3.32. The Morgan fingerprint density at radius 3 is 2.60 bits per heavy atom. The zero-order chi connectivity index (χ0) is 7.56. The quantitative estimate of drug-likeness (QED) is 0.572. The van der Waals surface area contributed by atoms with Crippen molar-refractivity contribution < 1.29 is 14.9 Å². The largest absolute Gasteiger partial charge is 0.394 e. The number of rotatable bonds is 2. The summed E-state index contributed by atoms with van der Waals surface area (Å²) in [7, 11) is 0. The van der Waals surface area contributed by atoms with E-state index in [9.17, 15) is 5.11 Å². The Kier molecular flexibility index (Phi) is 2.65. The molecule has 3 heteroatoms. The lowest BCUT2D eigenvalue weighted by Gasteiger charge is -2.10. The van der Waals surface area contributed by atoms with Gasteiger partial charge in [-0.05, 0) is 6.42 Å². The van der Waals surface area contributed by atoms with Gasteiger partial charge in [-0.3, -0.25) is 0 Å². The molecule has 0 unspecified atom stereocenters. The van der Waals surface area contributed by atoms with Crippen LogP contribution in [0, 0.1) is 0 Å². The van der Waals surface area contributed by atoms with Crippen LogP contribution in [0.3, 0.4) is 0 Å². The molecule has 0 aromatic heterocycles. The summed E-state index contributed by atoms with van der Waals surface area (Å²) in [5, 5.41) is 17.9. The fourth-order valence-electron chi connectivity index (χ4n) is 1.30. The molecule has 0 saturated carbocycles. The van der Waals surface area contributed by atoms with E-state index in [4.69, 9.17) is 9.84 Å². The van der Waals surface area contributed by atoms with Gasteiger partial charge < -0.3 is 14.9 Å². The van der Waals surface area contributed by atoms with Crippen molar-refractivity contribution in [2.45, 2.75) is 38.1 Å². The fraction of sp³-hybridized carbons (Fsp3) is 1.00. The average molecular weight is 146 g/mol. The minimum Gasteiger partial charge on any atom is -0.394 e. The van der Waals surface area contributed by atoms with Crippen LogP contribution in [0.5, 0.6) is 0 Å². The molecule has 0 bridgehead atoms. The molecular formula is C7H14O3. The molecule has 1 aliphatic heterocycles. The normalized spacial score (nSPS) is 40.5. The van der Waals surface area contributed by atoms with Gasteiger partial charge in [0.25, 0.3) is 0 Å². The zero-order valence-corrected chi connectivity index (χ0v) is 6.16. The molecule has 0 aromatic rings. The Morgan fingerprint density at radius 2 is 2.30 bits per heavy atom. The van der Waals surface area contributed by atoms with Crippen molar-refractivity contribution in [2.75, 3.05) is 6.61 Å². The summed E-state index contributed by atoms with van der Waals surface area (Å²) in [4.78, 5) is 0. The first-order chi connectivity index (χ1) is 4.77. The Balaban J connectivity index is 2.36. The van der Waals surface area contributed by atoms with Gasteiger partial charge in [-0.25, -0.2) is 0 Å². The maximum atomic E-state index is 9.25. The third-order valence-corrected chi connectivity index (χ3v) is 1.91. The second-order valence-corrected chi connectivity index (χ2v) is 2.69. The van der Waals surface area contributed by atoms with Gasteiger partial charge in [-0.1, -0.05) is 6.92 Å². The van der Waals surface area contributed by atoms with E-state index < -0.39 is 0 Å². The van der Waals surface area contributed by atoms with E-state index in [0.29, 0.717) is 6.42 Å². The molecule has 0 radical (unpaired) electrons. The Morgan fingerprint density at radius 1 is 1.60 bits per heavy atom. The number of hydrogen-bond acceptors (Lipinski definition) is 3. The van der Waals surface area contributed by atoms with Crippen molar-refractivity contribution in [3.05, 3.63) is 0 Å². The van der Waals surface area contributed by atoms with Gasteiger partial charge in [0.2, 0.25) is 0 Å². The number of aliphatic hydroxyl groups is 2. The highest BCUT2D eigenvalue weighted by molar-refractivity contribution is 4.80. The van der Waals surface area contributed by atoms with Crippen molar-refractivity contribution in [3.63, 3.8) is 0 Å². The SMILES string of the molecule is CC[C@@H]1O[C@H](CO)C[C@H]1O. The fourth-order valence-corrected chi connectivity index (χ4v) is 1.30.